The van der Waals surface area contributed by atoms with Crippen LogP contribution in [0.3, 0.4) is 0 Å². The van der Waals surface area contributed by atoms with E-state index in [1.807, 2.05) is 0 Å². The zero-order valence-electron chi connectivity index (χ0n) is 10.5. The number of hydrogen-bond donors (Lipinski definition) is 1. The third-order valence-corrected chi connectivity index (χ3v) is 3.61. The van der Waals surface area contributed by atoms with E-state index in [4.69, 9.17) is 11.0 Å². The fourth-order valence-corrected chi connectivity index (χ4v) is 2.13. The summed E-state index contributed by atoms with van der Waals surface area (Å²) in [6.07, 6.45) is 3.37. The third-order valence-electron chi connectivity index (χ3n) is 3.61. The highest BCUT2D eigenvalue weighted by molar-refractivity contribution is 5.93. The molecule has 0 saturated heterocycles. The molecule has 0 spiro atoms. The predicted octanol–water partition coefficient (Wildman–Crippen LogP) is 1.79. The first kappa shape index (κ1) is 12.6. The Morgan fingerprint density at radius 2 is 2.06 bits per heavy atom. The van der Waals surface area contributed by atoms with E-state index in [9.17, 15) is 4.79 Å². The number of hydrogen-bond acceptors (Lipinski definition) is 3. The number of benzene rings is 1. The van der Waals surface area contributed by atoms with Crippen LogP contribution in [0.25, 0.3) is 0 Å². The Kier molecular flexibility index (Phi) is 3.35. The Morgan fingerprint density at radius 1 is 1.44 bits per heavy atom. The highest BCUT2D eigenvalue weighted by atomic mass is 16.2. The maximum atomic E-state index is 12.1. The summed E-state index contributed by atoms with van der Waals surface area (Å²) in [5.41, 5.74) is 7.17. The van der Waals surface area contributed by atoms with Crippen molar-refractivity contribution in [1.29, 1.82) is 5.26 Å². The van der Waals surface area contributed by atoms with Gasteiger partial charge in [-0.1, -0.05) is 0 Å². The summed E-state index contributed by atoms with van der Waals surface area (Å²) in [5, 5.41) is 8.72. The fourth-order valence-electron chi connectivity index (χ4n) is 2.13. The molecule has 0 aromatic heterocycles. The van der Waals surface area contributed by atoms with Gasteiger partial charge in [-0.25, -0.2) is 0 Å². The molecule has 4 heteroatoms. The van der Waals surface area contributed by atoms with Gasteiger partial charge in [0, 0.05) is 24.7 Å². The van der Waals surface area contributed by atoms with Crippen molar-refractivity contribution in [1.82, 2.24) is 0 Å². The van der Waals surface area contributed by atoms with Crippen LogP contribution >= 0.6 is 0 Å². The van der Waals surface area contributed by atoms with Crippen molar-refractivity contribution in [2.45, 2.75) is 31.2 Å². The van der Waals surface area contributed by atoms with Gasteiger partial charge >= 0.3 is 0 Å². The summed E-state index contributed by atoms with van der Waals surface area (Å²) in [6.45, 7) is 0. The number of carbonyl (C=O) groups is 1. The van der Waals surface area contributed by atoms with E-state index < -0.39 is 0 Å². The lowest BCUT2D eigenvalue weighted by Gasteiger charge is -2.38. The Hall–Kier alpha value is -1.86. The minimum Gasteiger partial charge on any atom is -0.325 e. The monoisotopic (exact) mass is 243 g/mol. The second-order valence-electron chi connectivity index (χ2n) is 5.00. The SMILES string of the molecule is CN(C(=O)CC1(N)CCC1)c1ccc(C#N)cc1. The van der Waals surface area contributed by atoms with E-state index >= 15 is 0 Å². The van der Waals surface area contributed by atoms with Crippen molar-refractivity contribution >= 4 is 11.6 Å². The maximum absolute atomic E-state index is 12.1. The van der Waals surface area contributed by atoms with Crippen LogP contribution < -0.4 is 10.6 Å². The fraction of sp³-hybridized carbons (Fsp3) is 0.429. The molecule has 2 N–H and O–H groups in total. The molecule has 0 unspecified atom stereocenters. The van der Waals surface area contributed by atoms with Gasteiger partial charge in [-0.15, -0.1) is 0 Å². The van der Waals surface area contributed by atoms with Crippen LogP contribution in [0.4, 0.5) is 5.69 Å². The number of nitrogens with zero attached hydrogens (tertiary/aromatic N) is 2. The van der Waals surface area contributed by atoms with Crippen LogP contribution in [0, 0.1) is 11.3 Å². The van der Waals surface area contributed by atoms with Crippen LogP contribution in [0.15, 0.2) is 24.3 Å². The van der Waals surface area contributed by atoms with Gasteiger partial charge in [-0.05, 0) is 43.5 Å². The van der Waals surface area contributed by atoms with Crippen LogP contribution in [0.5, 0.6) is 0 Å². The van der Waals surface area contributed by atoms with E-state index in [1.165, 1.54) is 0 Å². The topological polar surface area (TPSA) is 70.1 Å². The first-order chi connectivity index (χ1) is 8.54. The Bertz CT molecular complexity index is 483. The number of rotatable bonds is 3. The smallest absolute Gasteiger partial charge is 0.228 e. The molecular formula is C14H17N3O. The van der Waals surface area contributed by atoms with E-state index in [0.717, 1.165) is 24.9 Å². The first-order valence-corrected chi connectivity index (χ1v) is 6.10. The van der Waals surface area contributed by atoms with Gasteiger partial charge in [0.15, 0.2) is 0 Å². The molecule has 18 heavy (non-hydrogen) atoms. The zero-order valence-corrected chi connectivity index (χ0v) is 10.5. The predicted molar refractivity (Wildman–Crippen MR) is 70.0 cm³/mol. The van der Waals surface area contributed by atoms with Crippen LogP contribution in [-0.4, -0.2) is 18.5 Å². The van der Waals surface area contributed by atoms with Crippen molar-refractivity contribution < 1.29 is 4.79 Å². The van der Waals surface area contributed by atoms with Crippen molar-refractivity contribution in [3.05, 3.63) is 29.8 Å². The van der Waals surface area contributed by atoms with E-state index in [2.05, 4.69) is 6.07 Å². The lowest BCUT2D eigenvalue weighted by Crippen LogP contribution is -2.50. The normalized spacial score (nSPS) is 16.5. The van der Waals surface area contributed by atoms with Crippen molar-refractivity contribution in [2.24, 2.45) is 5.73 Å². The molecule has 1 aromatic carbocycles. The second kappa shape index (κ2) is 4.79. The molecule has 4 nitrogen and oxygen atoms in total. The summed E-state index contributed by atoms with van der Waals surface area (Å²) in [5.74, 6) is 0.0295. The van der Waals surface area contributed by atoms with Crippen LogP contribution in [0.2, 0.25) is 0 Å². The highest BCUT2D eigenvalue weighted by Crippen LogP contribution is 2.33. The minimum absolute atomic E-state index is 0.0295. The summed E-state index contributed by atoms with van der Waals surface area (Å²) < 4.78 is 0. The number of nitrogens with two attached hydrogens (primary N) is 1. The van der Waals surface area contributed by atoms with E-state index in [0.29, 0.717) is 12.0 Å². The Morgan fingerprint density at radius 3 is 2.50 bits per heavy atom. The Balaban J connectivity index is 2.03. The Labute approximate surface area is 107 Å². The molecule has 1 aliphatic rings. The van der Waals surface area contributed by atoms with E-state index in [1.54, 1.807) is 36.2 Å². The van der Waals surface area contributed by atoms with Gasteiger partial charge in [-0.3, -0.25) is 4.79 Å². The molecule has 0 radical (unpaired) electrons. The number of nitriles is 1. The maximum Gasteiger partial charge on any atom is 0.228 e. The van der Waals surface area contributed by atoms with Crippen molar-refractivity contribution in [3.8, 4) is 6.07 Å². The highest BCUT2D eigenvalue weighted by Gasteiger charge is 2.35. The molecular weight excluding hydrogens is 226 g/mol. The summed E-state index contributed by atoms with van der Waals surface area (Å²) in [7, 11) is 1.74. The van der Waals surface area contributed by atoms with Crippen LogP contribution in [0.1, 0.15) is 31.2 Å². The largest absolute Gasteiger partial charge is 0.325 e. The molecule has 1 fully saturated rings. The standard InChI is InChI=1S/C14H17N3O/c1-17(12-5-3-11(10-15)4-6-12)13(18)9-14(16)7-2-8-14/h3-6H,2,7-9,16H2,1H3. The molecule has 94 valence electrons. The molecule has 2 rings (SSSR count). The molecule has 0 aliphatic heterocycles. The first-order valence-electron chi connectivity index (χ1n) is 6.10. The van der Waals surface area contributed by atoms with Crippen molar-refractivity contribution in [2.75, 3.05) is 11.9 Å². The average molecular weight is 243 g/mol. The molecule has 1 aromatic rings. The molecule has 0 atom stereocenters. The minimum atomic E-state index is -0.294. The third kappa shape index (κ3) is 2.52. The second-order valence-corrected chi connectivity index (χ2v) is 5.00. The summed E-state index contributed by atoms with van der Waals surface area (Å²) in [6, 6.07) is 9.03. The quantitative estimate of drug-likeness (QED) is 0.879. The summed E-state index contributed by atoms with van der Waals surface area (Å²) >= 11 is 0. The molecule has 0 heterocycles. The summed E-state index contributed by atoms with van der Waals surface area (Å²) in [4.78, 5) is 13.7. The van der Waals surface area contributed by atoms with Crippen LogP contribution in [-0.2, 0) is 4.79 Å². The molecule has 1 aliphatic carbocycles. The molecule has 1 amide bonds. The molecule has 0 bridgehead atoms. The van der Waals surface area contributed by atoms with Crippen molar-refractivity contribution in [3.63, 3.8) is 0 Å². The van der Waals surface area contributed by atoms with Gasteiger partial charge in [0.1, 0.15) is 0 Å². The number of amides is 1. The number of carbonyl (C=O) groups excluding carboxylic acids is 1. The number of anilines is 1. The van der Waals surface area contributed by atoms with Gasteiger partial charge in [0.2, 0.25) is 5.91 Å². The zero-order chi connectivity index (χ0) is 13.2. The van der Waals surface area contributed by atoms with Gasteiger partial charge < -0.3 is 10.6 Å². The van der Waals surface area contributed by atoms with Gasteiger partial charge in [0.05, 0.1) is 11.6 Å². The lowest BCUT2D eigenvalue weighted by atomic mass is 9.75. The van der Waals surface area contributed by atoms with Gasteiger partial charge in [-0.2, -0.15) is 5.26 Å². The lowest BCUT2D eigenvalue weighted by molar-refractivity contribution is -0.120. The molecule has 1 saturated carbocycles. The van der Waals surface area contributed by atoms with E-state index in [-0.39, 0.29) is 11.4 Å². The van der Waals surface area contributed by atoms with Gasteiger partial charge in [0.25, 0.3) is 0 Å². The average Bonchev–Trinajstić information content (AvgIpc) is 2.36.